The van der Waals surface area contributed by atoms with E-state index in [1.807, 2.05) is 19.9 Å². The van der Waals surface area contributed by atoms with Crippen LogP contribution in [0.5, 0.6) is 0 Å². The summed E-state index contributed by atoms with van der Waals surface area (Å²) in [5.74, 6) is -0.128. The van der Waals surface area contributed by atoms with E-state index < -0.39 is 9.84 Å². The fraction of sp³-hybridized carbons (Fsp3) is 0.357. The molecule has 0 aliphatic heterocycles. The summed E-state index contributed by atoms with van der Waals surface area (Å²) in [5, 5.41) is 4.51. The van der Waals surface area contributed by atoms with Crippen LogP contribution in [0.1, 0.15) is 25.2 Å². The molecule has 0 bridgehead atoms. The van der Waals surface area contributed by atoms with Gasteiger partial charge < -0.3 is 5.73 Å². The highest BCUT2D eigenvalue weighted by atomic mass is 35.5. The number of hydrogen-bond donors (Lipinski definition) is 1. The Morgan fingerprint density at radius 3 is 2.57 bits per heavy atom. The molecule has 0 saturated heterocycles. The molecule has 1 aromatic heterocycles. The van der Waals surface area contributed by atoms with Crippen LogP contribution in [0.3, 0.4) is 0 Å². The molecule has 7 heteroatoms. The minimum absolute atomic E-state index is 0.0975. The van der Waals surface area contributed by atoms with Crippen LogP contribution in [0.15, 0.2) is 29.2 Å². The Balaban J connectivity index is 2.39. The van der Waals surface area contributed by atoms with Gasteiger partial charge in [-0.3, -0.25) is 4.68 Å². The van der Waals surface area contributed by atoms with Crippen molar-refractivity contribution in [1.29, 1.82) is 0 Å². The third kappa shape index (κ3) is 3.39. The molecule has 0 radical (unpaired) electrons. The fourth-order valence-corrected chi connectivity index (χ4v) is 4.07. The number of aryl methyl sites for hydroxylation is 2. The minimum Gasteiger partial charge on any atom is -0.399 e. The van der Waals surface area contributed by atoms with Crippen molar-refractivity contribution in [2.45, 2.75) is 37.5 Å². The molecule has 0 aliphatic rings. The first kappa shape index (κ1) is 15.9. The predicted octanol–water partition coefficient (Wildman–Crippen LogP) is 2.67. The highest BCUT2D eigenvalue weighted by Gasteiger charge is 2.21. The number of nitrogens with zero attached hydrogens (tertiary/aromatic N) is 2. The third-order valence-electron chi connectivity index (χ3n) is 3.20. The minimum atomic E-state index is -3.54. The van der Waals surface area contributed by atoms with Crippen LogP contribution in [-0.2, 0) is 28.6 Å². The van der Waals surface area contributed by atoms with Crippen molar-refractivity contribution in [2.24, 2.45) is 0 Å². The van der Waals surface area contributed by atoms with Gasteiger partial charge in [-0.1, -0.05) is 18.5 Å². The smallest absolute Gasteiger partial charge is 0.185 e. The van der Waals surface area contributed by atoms with Crippen molar-refractivity contribution >= 4 is 27.1 Å². The number of anilines is 1. The zero-order valence-electron chi connectivity index (χ0n) is 12.0. The van der Waals surface area contributed by atoms with Crippen LogP contribution < -0.4 is 5.73 Å². The molecule has 0 aliphatic carbocycles. The molecule has 1 heterocycles. The summed E-state index contributed by atoms with van der Waals surface area (Å²) in [5.41, 5.74) is 7.58. The number of nitrogens with two attached hydrogens (primary N) is 1. The summed E-state index contributed by atoms with van der Waals surface area (Å²) in [6.45, 7) is 4.54. The Bertz CT molecular complexity index is 754. The molecule has 21 heavy (non-hydrogen) atoms. The van der Waals surface area contributed by atoms with Crippen LogP contribution in [0.4, 0.5) is 5.69 Å². The Labute approximate surface area is 129 Å². The van der Waals surface area contributed by atoms with Crippen LogP contribution in [0, 0.1) is 0 Å². The van der Waals surface area contributed by atoms with Gasteiger partial charge in [0.15, 0.2) is 9.84 Å². The number of benzene rings is 1. The quantitative estimate of drug-likeness (QED) is 0.856. The number of hydrogen-bond acceptors (Lipinski definition) is 4. The number of rotatable bonds is 5. The van der Waals surface area contributed by atoms with Gasteiger partial charge in [0, 0.05) is 12.2 Å². The lowest BCUT2D eigenvalue weighted by Crippen LogP contribution is -2.11. The van der Waals surface area contributed by atoms with E-state index in [4.69, 9.17) is 17.3 Å². The number of nitrogen functional groups attached to an aromatic ring is 1. The molecule has 0 unspecified atom stereocenters. The van der Waals surface area contributed by atoms with Crippen LogP contribution in [0.2, 0.25) is 5.02 Å². The molecule has 0 atom stereocenters. The van der Waals surface area contributed by atoms with Crippen molar-refractivity contribution in [1.82, 2.24) is 9.78 Å². The van der Waals surface area contributed by atoms with E-state index in [0.717, 1.165) is 12.1 Å². The Morgan fingerprint density at radius 2 is 2.00 bits per heavy atom. The zero-order valence-corrected chi connectivity index (χ0v) is 13.6. The maximum atomic E-state index is 12.5. The molecule has 5 nitrogen and oxygen atoms in total. The zero-order chi connectivity index (χ0) is 15.6. The van der Waals surface area contributed by atoms with E-state index in [1.165, 1.54) is 18.2 Å². The lowest BCUT2D eigenvalue weighted by atomic mass is 10.3. The highest BCUT2D eigenvalue weighted by Crippen LogP contribution is 2.26. The average molecular weight is 328 g/mol. The van der Waals surface area contributed by atoms with E-state index in [1.54, 1.807) is 4.68 Å². The predicted molar refractivity (Wildman–Crippen MR) is 84.0 cm³/mol. The van der Waals surface area contributed by atoms with Crippen LogP contribution >= 0.6 is 11.6 Å². The van der Waals surface area contributed by atoms with E-state index in [9.17, 15) is 8.42 Å². The molecule has 1 aromatic carbocycles. The summed E-state index contributed by atoms with van der Waals surface area (Å²) < 4.78 is 26.8. The maximum absolute atomic E-state index is 12.5. The number of halogens is 1. The molecular formula is C14H18ClN3O2S. The van der Waals surface area contributed by atoms with Crippen molar-refractivity contribution < 1.29 is 8.42 Å². The highest BCUT2D eigenvalue weighted by molar-refractivity contribution is 7.90. The Morgan fingerprint density at radius 1 is 1.29 bits per heavy atom. The van der Waals surface area contributed by atoms with Crippen molar-refractivity contribution in [3.8, 4) is 0 Å². The van der Waals surface area contributed by atoms with Crippen molar-refractivity contribution in [3.05, 3.63) is 40.7 Å². The van der Waals surface area contributed by atoms with E-state index in [-0.39, 0.29) is 15.7 Å². The fourth-order valence-electron chi connectivity index (χ4n) is 2.12. The van der Waals surface area contributed by atoms with Gasteiger partial charge in [0.25, 0.3) is 0 Å². The largest absolute Gasteiger partial charge is 0.399 e. The molecule has 0 saturated carbocycles. The second kappa shape index (κ2) is 6.07. The van der Waals surface area contributed by atoms with Crippen molar-refractivity contribution in [3.63, 3.8) is 0 Å². The Hall–Kier alpha value is -1.53. The normalized spacial score (nSPS) is 11.8. The second-order valence-corrected chi connectivity index (χ2v) is 7.11. The third-order valence-corrected chi connectivity index (χ3v) is 5.33. The van der Waals surface area contributed by atoms with E-state index in [0.29, 0.717) is 17.9 Å². The van der Waals surface area contributed by atoms with Gasteiger partial charge in [-0.2, -0.15) is 5.10 Å². The topological polar surface area (TPSA) is 78.0 Å². The second-order valence-electron chi connectivity index (χ2n) is 4.75. The molecule has 2 rings (SSSR count). The first-order valence-corrected chi connectivity index (χ1v) is 8.73. The van der Waals surface area contributed by atoms with Gasteiger partial charge in [0.05, 0.1) is 27.1 Å². The monoisotopic (exact) mass is 327 g/mol. The standard InChI is InChI=1S/C14H18ClN3O2S/c1-3-11-8-12(18(4-2)17-11)9-21(19,20)14-6-5-10(16)7-13(14)15/h5-8H,3-4,9,16H2,1-2H3. The molecule has 0 amide bonds. The lowest BCUT2D eigenvalue weighted by molar-refractivity contribution is 0.585. The van der Waals surface area contributed by atoms with Gasteiger partial charge in [-0.25, -0.2) is 8.42 Å². The van der Waals surface area contributed by atoms with Crippen LogP contribution in [-0.4, -0.2) is 18.2 Å². The maximum Gasteiger partial charge on any atom is 0.185 e. The number of sulfone groups is 1. The van der Waals surface area contributed by atoms with Gasteiger partial charge in [-0.05, 0) is 37.6 Å². The summed E-state index contributed by atoms with van der Waals surface area (Å²) in [6.07, 6.45) is 0.767. The molecule has 2 aromatic rings. The van der Waals surface area contributed by atoms with Gasteiger partial charge in [0.2, 0.25) is 0 Å². The molecule has 0 fully saturated rings. The molecule has 2 N–H and O–H groups in total. The first-order valence-electron chi connectivity index (χ1n) is 6.70. The Kier molecular flexibility index (Phi) is 4.58. The van der Waals surface area contributed by atoms with Crippen LogP contribution in [0.25, 0.3) is 0 Å². The van der Waals surface area contributed by atoms with E-state index >= 15 is 0 Å². The first-order chi connectivity index (χ1) is 9.87. The molecule has 0 spiro atoms. The summed E-state index contributed by atoms with van der Waals surface area (Å²) in [4.78, 5) is 0.0975. The SMILES string of the molecule is CCc1cc(CS(=O)(=O)c2ccc(N)cc2Cl)n(CC)n1. The number of aromatic nitrogens is 2. The summed E-state index contributed by atoms with van der Waals surface area (Å²) in [7, 11) is -3.54. The summed E-state index contributed by atoms with van der Waals surface area (Å²) >= 11 is 6.00. The lowest BCUT2D eigenvalue weighted by Gasteiger charge is -2.08. The summed E-state index contributed by atoms with van der Waals surface area (Å²) in [6, 6.07) is 6.25. The van der Waals surface area contributed by atoms with Gasteiger partial charge in [0.1, 0.15) is 0 Å². The average Bonchev–Trinajstić information content (AvgIpc) is 2.79. The van der Waals surface area contributed by atoms with Gasteiger partial charge >= 0.3 is 0 Å². The van der Waals surface area contributed by atoms with Crippen molar-refractivity contribution in [2.75, 3.05) is 5.73 Å². The van der Waals surface area contributed by atoms with E-state index in [2.05, 4.69) is 5.10 Å². The van der Waals surface area contributed by atoms with Gasteiger partial charge in [-0.15, -0.1) is 0 Å². The molecule has 114 valence electrons. The molecular weight excluding hydrogens is 310 g/mol.